The number of aromatic nitrogens is 2. The molecule has 1 unspecified atom stereocenters. The third kappa shape index (κ3) is 3.96. The van der Waals surface area contributed by atoms with Crippen molar-refractivity contribution in [3.63, 3.8) is 0 Å². The highest BCUT2D eigenvalue weighted by atomic mass is 16.5. The molecule has 1 aromatic carbocycles. The minimum Gasteiger partial charge on any atom is -0.497 e. The molecule has 2 aromatic rings. The van der Waals surface area contributed by atoms with Crippen LogP contribution in [-0.2, 0) is 11.3 Å². The van der Waals surface area contributed by atoms with Crippen molar-refractivity contribution in [3.8, 4) is 23.1 Å². The van der Waals surface area contributed by atoms with Crippen molar-refractivity contribution in [2.75, 3.05) is 13.7 Å². The van der Waals surface area contributed by atoms with Gasteiger partial charge in [-0.15, -0.1) is 0 Å². The molecule has 27 heavy (non-hydrogen) atoms. The molecule has 0 saturated carbocycles. The molecule has 0 bridgehead atoms. The van der Waals surface area contributed by atoms with Crippen molar-refractivity contribution < 1.29 is 9.53 Å². The van der Waals surface area contributed by atoms with Gasteiger partial charge in [0.2, 0.25) is 5.91 Å². The normalized spacial score (nSPS) is 20.3. The molecule has 1 saturated heterocycles. The van der Waals surface area contributed by atoms with E-state index in [-0.39, 0.29) is 11.9 Å². The number of carbonyl (C=O) groups is 1. The molecule has 1 amide bonds. The largest absolute Gasteiger partial charge is 0.497 e. The van der Waals surface area contributed by atoms with Crippen LogP contribution in [0.15, 0.2) is 36.5 Å². The fourth-order valence-electron chi connectivity index (χ4n) is 3.66. The Bertz CT molecular complexity index is 839. The number of hydrogen-bond acceptors (Lipinski definition) is 5. The summed E-state index contributed by atoms with van der Waals surface area (Å²) in [7, 11) is 1.64. The van der Waals surface area contributed by atoms with Gasteiger partial charge in [-0.2, -0.15) is 10.4 Å². The molecule has 1 aliphatic rings. The van der Waals surface area contributed by atoms with Crippen LogP contribution in [0.2, 0.25) is 0 Å². The molecule has 0 radical (unpaired) electrons. The van der Waals surface area contributed by atoms with E-state index in [9.17, 15) is 10.1 Å². The summed E-state index contributed by atoms with van der Waals surface area (Å²) in [4.78, 5) is 13.5. The van der Waals surface area contributed by atoms with Crippen LogP contribution in [0.1, 0.15) is 26.7 Å². The summed E-state index contributed by atoms with van der Waals surface area (Å²) in [6.45, 7) is 4.74. The molecular formula is C20H25N5O2. The monoisotopic (exact) mass is 367 g/mol. The second-order valence-corrected chi connectivity index (χ2v) is 6.94. The van der Waals surface area contributed by atoms with Crippen molar-refractivity contribution in [1.82, 2.24) is 20.0 Å². The minimum atomic E-state index is -0.919. The summed E-state index contributed by atoms with van der Waals surface area (Å²) in [5.74, 6) is 0.735. The van der Waals surface area contributed by atoms with E-state index in [1.54, 1.807) is 12.0 Å². The maximum atomic E-state index is 11.9. The Morgan fingerprint density at radius 3 is 2.78 bits per heavy atom. The third-order valence-corrected chi connectivity index (χ3v) is 4.92. The first kappa shape index (κ1) is 18.9. The molecule has 0 aliphatic carbocycles. The fourth-order valence-corrected chi connectivity index (χ4v) is 3.66. The van der Waals surface area contributed by atoms with Crippen molar-refractivity contribution in [3.05, 3.63) is 36.5 Å². The summed E-state index contributed by atoms with van der Waals surface area (Å²) < 4.78 is 7.04. The number of methoxy groups -OCH3 is 1. The molecular weight excluding hydrogens is 342 g/mol. The van der Waals surface area contributed by atoms with Crippen molar-refractivity contribution in [2.45, 2.75) is 44.9 Å². The standard InChI is InChI=1S/C20H25N5O2/c1-15(22-20(14-21)10-4-11-25(20)16(2)26)13-24-12-9-19(23-24)17-5-7-18(27-3)8-6-17/h5-9,12,15,22H,4,10-11,13H2,1-3H3/t15-,20?/m0/s1. The van der Waals surface area contributed by atoms with Gasteiger partial charge in [-0.3, -0.25) is 14.8 Å². The quantitative estimate of drug-likeness (QED) is 0.848. The number of hydrogen-bond donors (Lipinski definition) is 1. The molecule has 142 valence electrons. The number of likely N-dealkylation sites (tertiary alicyclic amines) is 1. The van der Waals surface area contributed by atoms with Gasteiger partial charge in [0.25, 0.3) is 0 Å². The molecule has 0 spiro atoms. The Morgan fingerprint density at radius 2 is 2.15 bits per heavy atom. The van der Waals surface area contributed by atoms with Gasteiger partial charge in [0.05, 0.1) is 19.3 Å². The zero-order valence-corrected chi connectivity index (χ0v) is 16.0. The Labute approximate surface area is 159 Å². The number of ether oxygens (including phenoxy) is 1. The lowest BCUT2D eigenvalue weighted by atomic mass is 10.1. The lowest BCUT2D eigenvalue weighted by molar-refractivity contribution is -0.132. The van der Waals surface area contributed by atoms with Gasteiger partial charge in [0.1, 0.15) is 11.8 Å². The predicted molar refractivity (Wildman–Crippen MR) is 102 cm³/mol. The number of nitriles is 1. The topological polar surface area (TPSA) is 83.2 Å². The molecule has 3 rings (SSSR count). The Kier molecular flexibility index (Phi) is 5.47. The maximum Gasteiger partial charge on any atom is 0.221 e. The van der Waals surface area contributed by atoms with Crippen LogP contribution in [0, 0.1) is 11.3 Å². The molecule has 1 N–H and O–H groups in total. The molecule has 1 fully saturated rings. The average molecular weight is 367 g/mol. The molecule has 1 aliphatic heterocycles. The van der Waals surface area contributed by atoms with E-state index < -0.39 is 5.66 Å². The zero-order valence-electron chi connectivity index (χ0n) is 16.0. The van der Waals surface area contributed by atoms with Crippen molar-refractivity contribution >= 4 is 5.91 Å². The number of nitrogens with zero attached hydrogens (tertiary/aromatic N) is 4. The smallest absolute Gasteiger partial charge is 0.221 e. The fraction of sp³-hybridized carbons (Fsp3) is 0.450. The molecule has 7 nitrogen and oxygen atoms in total. The van der Waals surface area contributed by atoms with Gasteiger partial charge >= 0.3 is 0 Å². The average Bonchev–Trinajstić information content (AvgIpc) is 3.29. The molecule has 1 aromatic heterocycles. The van der Waals surface area contributed by atoms with Crippen LogP contribution in [0.25, 0.3) is 11.3 Å². The van der Waals surface area contributed by atoms with E-state index in [1.165, 1.54) is 6.92 Å². The van der Waals surface area contributed by atoms with Crippen molar-refractivity contribution in [1.29, 1.82) is 5.26 Å². The highest BCUT2D eigenvalue weighted by Crippen LogP contribution is 2.27. The number of nitrogens with one attached hydrogen (secondary N) is 1. The molecule has 2 atom stereocenters. The summed E-state index contributed by atoms with van der Waals surface area (Å²) >= 11 is 0. The summed E-state index contributed by atoms with van der Waals surface area (Å²) in [6.07, 6.45) is 3.40. The predicted octanol–water partition coefficient (Wildman–Crippen LogP) is 2.40. The first-order valence-electron chi connectivity index (χ1n) is 9.12. The minimum absolute atomic E-state index is 0.0202. The van der Waals surface area contributed by atoms with Gasteiger partial charge in [-0.25, -0.2) is 0 Å². The molecule has 2 heterocycles. The van der Waals surface area contributed by atoms with Crippen LogP contribution in [0.4, 0.5) is 0 Å². The molecule has 7 heteroatoms. The number of amides is 1. The van der Waals surface area contributed by atoms with Crippen LogP contribution in [0.3, 0.4) is 0 Å². The summed E-state index contributed by atoms with van der Waals surface area (Å²) in [5, 5.41) is 17.7. The van der Waals surface area contributed by atoms with E-state index in [2.05, 4.69) is 16.5 Å². The van der Waals surface area contributed by atoms with Crippen LogP contribution < -0.4 is 10.1 Å². The second kappa shape index (κ2) is 7.80. The van der Waals surface area contributed by atoms with Gasteiger partial charge in [-0.1, -0.05) is 0 Å². The Hall–Kier alpha value is -2.85. The van der Waals surface area contributed by atoms with E-state index in [0.29, 0.717) is 19.5 Å². The summed E-state index contributed by atoms with van der Waals surface area (Å²) in [6, 6.07) is 12.0. The van der Waals surface area contributed by atoms with E-state index >= 15 is 0 Å². The van der Waals surface area contributed by atoms with Crippen LogP contribution >= 0.6 is 0 Å². The SMILES string of the molecule is COc1ccc(-c2ccn(C[C@H](C)NC3(C#N)CCCN3C(C)=O)n2)cc1. The van der Waals surface area contributed by atoms with Crippen LogP contribution in [-0.4, -0.2) is 45.9 Å². The van der Waals surface area contributed by atoms with Gasteiger partial charge < -0.3 is 9.64 Å². The van der Waals surface area contributed by atoms with E-state index in [0.717, 1.165) is 23.4 Å². The van der Waals surface area contributed by atoms with Gasteiger partial charge in [0, 0.05) is 31.3 Å². The van der Waals surface area contributed by atoms with Gasteiger partial charge in [-0.05, 0) is 50.1 Å². The third-order valence-electron chi connectivity index (χ3n) is 4.92. The highest BCUT2D eigenvalue weighted by molar-refractivity contribution is 5.75. The maximum absolute atomic E-state index is 11.9. The van der Waals surface area contributed by atoms with E-state index in [1.807, 2.05) is 48.1 Å². The number of rotatable bonds is 6. The van der Waals surface area contributed by atoms with Gasteiger partial charge in [0.15, 0.2) is 5.66 Å². The Balaban J connectivity index is 1.67. The van der Waals surface area contributed by atoms with Crippen molar-refractivity contribution in [2.24, 2.45) is 0 Å². The highest BCUT2D eigenvalue weighted by Gasteiger charge is 2.43. The lowest BCUT2D eigenvalue weighted by Gasteiger charge is -2.35. The van der Waals surface area contributed by atoms with Crippen LogP contribution in [0.5, 0.6) is 5.75 Å². The first-order valence-corrected chi connectivity index (χ1v) is 9.12. The first-order chi connectivity index (χ1) is 13.0. The number of carbonyl (C=O) groups excluding carboxylic acids is 1. The second-order valence-electron chi connectivity index (χ2n) is 6.94. The Morgan fingerprint density at radius 1 is 1.41 bits per heavy atom. The van der Waals surface area contributed by atoms with E-state index in [4.69, 9.17) is 4.74 Å². The summed E-state index contributed by atoms with van der Waals surface area (Å²) in [5.41, 5.74) is 0.977. The zero-order chi connectivity index (χ0) is 19.4. The lowest BCUT2D eigenvalue weighted by Crippen LogP contribution is -2.59. The number of benzene rings is 1.